The molecule has 2 aromatic rings. The predicted molar refractivity (Wildman–Crippen MR) is 62.5 cm³/mol. The summed E-state index contributed by atoms with van der Waals surface area (Å²) in [7, 11) is 1.53. The van der Waals surface area contributed by atoms with E-state index in [0.717, 1.165) is 5.56 Å². The third kappa shape index (κ3) is 2.08. The van der Waals surface area contributed by atoms with Crippen LogP contribution < -0.4 is 10.5 Å². The number of carbonyl (C=O) groups excluding carboxylic acids is 1. The quantitative estimate of drug-likeness (QED) is 0.859. The molecule has 0 aliphatic heterocycles. The second-order valence-electron chi connectivity index (χ2n) is 3.34. The minimum absolute atomic E-state index is 0.190. The number of methoxy groups -OCH3 is 1. The Morgan fingerprint density at radius 1 is 1.24 bits per heavy atom. The molecule has 0 saturated carbocycles. The number of amides is 1. The third-order valence-corrected chi connectivity index (χ3v) is 2.34. The van der Waals surface area contributed by atoms with Gasteiger partial charge in [-0.25, -0.2) is 0 Å². The van der Waals surface area contributed by atoms with E-state index in [1.165, 1.54) is 13.3 Å². The molecular weight excluding hydrogens is 218 g/mol. The van der Waals surface area contributed by atoms with Crippen LogP contribution in [0.25, 0.3) is 11.1 Å². The van der Waals surface area contributed by atoms with Gasteiger partial charge < -0.3 is 10.5 Å². The lowest BCUT2D eigenvalue weighted by Crippen LogP contribution is -2.15. The number of hydrogen-bond acceptors (Lipinski definition) is 4. The van der Waals surface area contributed by atoms with Crippen molar-refractivity contribution < 1.29 is 9.53 Å². The van der Waals surface area contributed by atoms with Crippen molar-refractivity contribution >= 4 is 5.91 Å². The van der Waals surface area contributed by atoms with Crippen LogP contribution in [-0.4, -0.2) is 23.0 Å². The van der Waals surface area contributed by atoms with Gasteiger partial charge in [0.25, 0.3) is 5.91 Å². The van der Waals surface area contributed by atoms with Gasteiger partial charge in [-0.3, -0.25) is 14.8 Å². The summed E-state index contributed by atoms with van der Waals surface area (Å²) in [6.07, 6.45) is 4.75. The summed E-state index contributed by atoms with van der Waals surface area (Å²) in [6.45, 7) is 0. The number of aromatic nitrogens is 2. The summed E-state index contributed by atoms with van der Waals surface area (Å²) in [4.78, 5) is 19.3. The molecule has 0 aliphatic rings. The van der Waals surface area contributed by atoms with Gasteiger partial charge in [0.2, 0.25) is 0 Å². The van der Waals surface area contributed by atoms with E-state index in [-0.39, 0.29) is 5.69 Å². The van der Waals surface area contributed by atoms with Crippen LogP contribution in [0.3, 0.4) is 0 Å². The van der Waals surface area contributed by atoms with Crippen molar-refractivity contribution in [3.8, 4) is 16.9 Å². The molecule has 0 atom stereocenters. The number of ether oxygens (including phenoxy) is 1. The highest BCUT2D eigenvalue weighted by atomic mass is 16.5. The highest BCUT2D eigenvalue weighted by molar-refractivity contribution is 5.99. The van der Waals surface area contributed by atoms with Crippen molar-refractivity contribution in [3.63, 3.8) is 0 Å². The first-order chi connectivity index (χ1) is 8.24. The molecule has 5 heteroatoms. The standard InChI is InChI=1S/C12H11N3O2/c1-17-9-4-7-15-11(12(13)16)10(9)8-2-5-14-6-3-8/h2-7H,1H3,(H2,13,16). The van der Waals surface area contributed by atoms with Crippen molar-refractivity contribution in [2.45, 2.75) is 0 Å². The summed E-state index contributed by atoms with van der Waals surface area (Å²) >= 11 is 0. The van der Waals surface area contributed by atoms with Crippen molar-refractivity contribution in [1.82, 2.24) is 9.97 Å². The molecule has 0 unspecified atom stereocenters. The average Bonchev–Trinajstić information content (AvgIpc) is 2.38. The average molecular weight is 229 g/mol. The zero-order valence-electron chi connectivity index (χ0n) is 9.25. The van der Waals surface area contributed by atoms with E-state index < -0.39 is 5.91 Å². The molecule has 2 aromatic heterocycles. The minimum atomic E-state index is -0.587. The van der Waals surface area contributed by atoms with Crippen LogP contribution in [0, 0.1) is 0 Å². The largest absolute Gasteiger partial charge is 0.496 e. The number of nitrogens with zero attached hydrogens (tertiary/aromatic N) is 2. The second kappa shape index (κ2) is 4.61. The fourth-order valence-electron chi connectivity index (χ4n) is 1.60. The highest BCUT2D eigenvalue weighted by Crippen LogP contribution is 2.31. The Morgan fingerprint density at radius 2 is 1.94 bits per heavy atom. The van der Waals surface area contributed by atoms with Crippen molar-refractivity contribution in [2.24, 2.45) is 5.73 Å². The molecule has 2 rings (SSSR count). The number of hydrogen-bond donors (Lipinski definition) is 1. The summed E-state index contributed by atoms with van der Waals surface area (Å²) in [5.41, 5.74) is 6.87. The number of rotatable bonds is 3. The van der Waals surface area contributed by atoms with E-state index in [0.29, 0.717) is 11.3 Å². The first kappa shape index (κ1) is 11.1. The molecule has 0 radical (unpaired) electrons. The lowest BCUT2D eigenvalue weighted by Gasteiger charge is -2.10. The topological polar surface area (TPSA) is 78.1 Å². The number of primary amides is 1. The molecule has 0 fully saturated rings. The summed E-state index contributed by atoms with van der Waals surface area (Å²) in [5.74, 6) is -0.0317. The number of nitrogens with two attached hydrogens (primary N) is 1. The Hall–Kier alpha value is -2.43. The van der Waals surface area contributed by atoms with Crippen LogP contribution in [0.2, 0.25) is 0 Å². The molecule has 0 spiro atoms. The Labute approximate surface area is 98.3 Å². The molecular formula is C12H11N3O2. The SMILES string of the molecule is COc1ccnc(C(N)=O)c1-c1ccncc1. The van der Waals surface area contributed by atoms with Gasteiger partial charge in [0.1, 0.15) is 11.4 Å². The van der Waals surface area contributed by atoms with Gasteiger partial charge in [0.15, 0.2) is 0 Å². The van der Waals surface area contributed by atoms with E-state index in [2.05, 4.69) is 9.97 Å². The summed E-state index contributed by atoms with van der Waals surface area (Å²) < 4.78 is 5.22. The molecule has 2 heterocycles. The van der Waals surface area contributed by atoms with Crippen LogP contribution in [0.1, 0.15) is 10.5 Å². The normalized spacial score (nSPS) is 9.94. The van der Waals surface area contributed by atoms with E-state index >= 15 is 0 Å². The number of pyridine rings is 2. The van der Waals surface area contributed by atoms with Gasteiger partial charge in [-0.1, -0.05) is 0 Å². The Kier molecular flexibility index (Phi) is 3.00. The molecule has 0 bridgehead atoms. The first-order valence-electron chi connectivity index (χ1n) is 4.97. The van der Waals surface area contributed by atoms with Crippen molar-refractivity contribution in [1.29, 1.82) is 0 Å². The van der Waals surface area contributed by atoms with Gasteiger partial charge in [0.05, 0.1) is 12.7 Å². The van der Waals surface area contributed by atoms with Crippen LogP contribution in [0.5, 0.6) is 5.75 Å². The van der Waals surface area contributed by atoms with Crippen LogP contribution in [0.4, 0.5) is 0 Å². The monoisotopic (exact) mass is 229 g/mol. The molecule has 17 heavy (non-hydrogen) atoms. The smallest absolute Gasteiger partial charge is 0.268 e. The van der Waals surface area contributed by atoms with Crippen molar-refractivity contribution in [3.05, 3.63) is 42.5 Å². The lowest BCUT2D eigenvalue weighted by atomic mass is 10.0. The maximum absolute atomic E-state index is 11.4. The minimum Gasteiger partial charge on any atom is -0.496 e. The molecule has 1 amide bonds. The zero-order chi connectivity index (χ0) is 12.3. The Bertz CT molecular complexity index is 541. The van der Waals surface area contributed by atoms with Crippen LogP contribution in [0.15, 0.2) is 36.8 Å². The van der Waals surface area contributed by atoms with E-state index in [4.69, 9.17) is 10.5 Å². The van der Waals surface area contributed by atoms with Gasteiger partial charge >= 0.3 is 0 Å². The van der Waals surface area contributed by atoms with Gasteiger partial charge in [-0.15, -0.1) is 0 Å². The maximum atomic E-state index is 11.4. The van der Waals surface area contributed by atoms with Crippen LogP contribution in [-0.2, 0) is 0 Å². The van der Waals surface area contributed by atoms with Gasteiger partial charge in [-0.2, -0.15) is 0 Å². The first-order valence-corrected chi connectivity index (χ1v) is 4.97. The number of carbonyl (C=O) groups is 1. The van der Waals surface area contributed by atoms with E-state index in [1.54, 1.807) is 30.6 Å². The summed E-state index contributed by atoms with van der Waals surface area (Å²) in [5, 5.41) is 0. The van der Waals surface area contributed by atoms with Gasteiger partial charge in [-0.05, 0) is 23.8 Å². The van der Waals surface area contributed by atoms with E-state index in [9.17, 15) is 4.79 Å². The Balaban J connectivity index is 2.69. The van der Waals surface area contributed by atoms with E-state index in [1.807, 2.05) is 0 Å². The molecule has 86 valence electrons. The molecule has 2 N–H and O–H groups in total. The lowest BCUT2D eigenvalue weighted by molar-refractivity contribution is 0.0996. The predicted octanol–water partition coefficient (Wildman–Crippen LogP) is 1.25. The summed E-state index contributed by atoms with van der Waals surface area (Å²) in [6, 6.07) is 5.22. The molecule has 0 aromatic carbocycles. The fourth-order valence-corrected chi connectivity index (χ4v) is 1.60. The molecule has 0 saturated heterocycles. The third-order valence-electron chi connectivity index (χ3n) is 2.34. The molecule has 5 nitrogen and oxygen atoms in total. The highest BCUT2D eigenvalue weighted by Gasteiger charge is 2.16. The maximum Gasteiger partial charge on any atom is 0.268 e. The van der Waals surface area contributed by atoms with Crippen molar-refractivity contribution in [2.75, 3.05) is 7.11 Å². The zero-order valence-corrected chi connectivity index (χ0v) is 9.25. The van der Waals surface area contributed by atoms with Crippen LogP contribution >= 0.6 is 0 Å². The van der Waals surface area contributed by atoms with Gasteiger partial charge in [0, 0.05) is 18.6 Å². The fraction of sp³-hybridized carbons (Fsp3) is 0.0833. The molecule has 0 aliphatic carbocycles. The second-order valence-corrected chi connectivity index (χ2v) is 3.34. The Morgan fingerprint density at radius 3 is 2.53 bits per heavy atom.